The summed E-state index contributed by atoms with van der Waals surface area (Å²) in [5.41, 5.74) is 3.19. The zero-order valence-corrected chi connectivity index (χ0v) is 15.4. The van der Waals surface area contributed by atoms with Crippen LogP contribution < -0.4 is 10.6 Å². The number of hydrogen-bond donors (Lipinski definition) is 2. The number of hydrogen-bond acceptors (Lipinski definition) is 5. The van der Waals surface area contributed by atoms with E-state index in [1.807, 2.05) is 16.8 Å². The van der Waals surface area contributed by atoms with E-state index in [9.17, 15) is 4.79 Å². The fourth-order valence-electron chi connectivity index (χ4n) is 3.79. The van der Waals surface area contributed by atoms with Gasteiger partial charge in [0.05, 0.1) is 24.5 Å². The molecule has 0 spiro atoms. The molecule has 4 heterocycles. The van der Waals surface area contributed by atoms with Crippen LogP contribution in [0.2, 0.25) is 0 Å². The van der Waals surface area contributed by atoms with E-state index in [1.165, 1.54) is 18.5 Å². The van der Waals surface area contributed by atoms with Gasteiger partial charge >= 0.3 is 0 Å². The molecular formula is C19H27N5O2. The van der Waals surface area contributed by atoms with Gasteiger partial charge in [0.25, 0.3) is 5.91 Å². The van der Waals surface area contributed by atoms with Gasteiger partial charge < -0.3 is 15.1 Å². The van der Waals surface area contributed by atoms with E-state index >= 15 is 0 Å². The molecule has 0 bridgehead atoms. The average molecular weight is 357 g/mol. The molecule has 2 aromatic heterocycles. The van der Waals surface area contributed by atoms with Crippen molar-refractivity contribution in [3.8, 4) is 0 Å². The smallest absolute Gasteiger partial charge is 0.287 e. The standard InChI is InChI=1S/C19H27N5O2/c1-2-17-14(13-23-6-3-4-7-23)9-18(26-17)19(25)21-11-15-10-16-12-20-5-8-24(16)22-15/h9-10,20H,2-8,11-13H2,1H3,(H,21,25). The van der Waals surface area contributed by atoms with Crippen LogP contribution in [0.5, 0.6) is 0 Å². The fourth-order valence-corrected chi connectivity index (χ4v) is 3.79. The van der Waals surface area contributed by atoms with E-state index in [0.29, 0.717) is 12.3 Å². The predicted octanol–water partition coefficient (Wildman–Crippen LogP) is 1.67. The molecule has 26 heavy (non-hydrogen) atoms. The number of fused-ring (bicyclic) bond motifs is 1. The van der Waals surface area contributed by atoms with Crippen LogP contribution in [0.15, 0.2) is 16.5 Å². The lowest BCUT2D eigenvalue weighted by Gasteiger charge is -2.13. The number of nitrogens with zero attached hydrogens (tertiary/aromatic N) is 3. The van der Waals surface area contributed by atoms with Crippen molar-refractivity contribution in [1.29, 1.82) is 0 Å². The molecule has 4 rings (SSSR count). The Morgan fingerprint density at radius 2 is 2.15 bits per heavy atom. The van der Waals surface area contributed by atoms with Crippen molar-refractivity contribution in [2.45, 2.75) is 52.4 Å². The quantitative estimate of drug-likeness (QED) is 0.823. The van der Waals surface area contributed by atoms with Gasteiger partial charge in [-0.25, -0.2) is 0 Å². The molecule has 1 saturated heterocycles. The number of carbonyl (C=O) groups excluding carboxylic acids is 1. The summed E-state index contributed by atoms with van der Waals surface area (Å²) < 4.78 is 7.84. The third kappa shape index (κ3) is 3.68. The van der Waals surface area contributed by atoms with Crippen molar-refractivity contribution >= 4 is 5.91 Å². The van der Waals surface area contributed by atoms with Crippen LogP contribution in [0, 0.1) is 0 Å². The van der Waals surface area contributed by atoms with Gasteiger partial charge in [-0.2, -0.15) is 5.10 Å². The van der Waals surface area contributed by atoms with Crippen molar-refractivity contribution in [2.24, 2.45) is 0 Å². The summed E-state index contributed by atoms with van der Waals surface area (Å²) in [6, 6.07) is 3.96. The molecule has 2 aliphatic rings. The molecule has 0 aromatic carbocycles. The van der Waals surface area contributed by atoms with Crippen LogP contribution in [-0.4, -0.2) is 40.2 Å². The number of aryl methyl sites for hydroxylation is 1. The Hall–Kier alpha value is -2.12. The number of rotatable bonds is 6. The largest absolute Gasteiger partial charge is 0.456 e. The topological polar surface area (TPSA) is 75.3 Å². The molecule has 0 radical (unpaired) electrons. The van der Waals surface area contributed by atoms with Gasteiger partial charge in [0, 0.05) is 31.6 Å². The second-order valence-electron chi connectivity index (χ2n) is 7.11. The van der Waals surface area contributed by atoms with E-state index in [4.69, 9.17) is 4.42 Å². The van der Waals surface area contributed by atoms with Crippen molar-refractivity contribution in [1.82, 2.24) is 25.3 Å². The van der Waals surface area contributed by atoms with Crippen LogP contribution in [0.3, 0.4) is 0 Å². The molecule has 7 heteroatoms. The number of nitrogens with one attached hydrogen (secondary N) is 2. The summed E-state index contributed by atoms with van der Waals surface area (Å²) in [6.45, 7) is 8.28. The van der Waals surface area contributed by atoms with E-state index in [-0.39, 0.29) is 5.91 Å². The molecule has 140 valence electrons. The molecule has 1 amide bonds. The minimum Gasteiger partial charge on any atom is -0.456 e. The maximum Gasteiger partial charge on any atom is 0.287 e. The number of likely N-dealkylation sites (tertiary alicyclic amines) is 1. The summed E-state index contributed by atoms with van der Waals surface area (Å²) >= 11 is 0. The van der Waals surface area contributed by atoms with Crippen LogP contribution in [0.1, 0.15) is 53.0 Å². The summed E-state index contributed by atoms with van der Waals surface area (Å²) in [5.74, 6) is 1.16. The highest BCUT2D eigenvalue weighted by atomic mass is 16.4. The first kappa shape index (κ1) is 17.3. The molecule has 2 aromatic rings. The zero-order chi connectivity index (χ0) is 17.9. The van der Waals surface area contributed by atoms with Gasteiger partial charge in [0.1, 0.15) is 5.76 Å². The van der Waals surface area contributed by atoms with Gasteiger partial charge in [-0.05, 0) is 38.1 Å². The molecule has 2 N–H and O–H groups in total. The number of furan rings is 1. The first-order chi connectivity index (χ1) is 12.7. The second-order valence-corrected chi connectivity index (χ2v) is 7.11. The number of amides is 1. The number of carbonyl (C=O) groups is 1. The van der Waals surface area contributed by atoms with E-state index in [2.05, 4.69) is 27.6 Å². The lowest BCUT2D eigenvalue weighted by molar-refractivity contribution is 0.0921. The highest BCUT2D eigenvalue weighted by Gasteiger charge is 2.20. The van der Waals surface area contributed by atoms with E-state index in [0.717, 1.165) is 62.7 Å². The summed E-state index contributed by atoms with van der Waals surface area (Å²) in [7, 11) is 0. The minimum absolute atomic E-state index is 0.170. The van der Waals surface area contributed by atoms with Gasteiger partial charge in [-0.15, -0.1) is 0 Å². The molecule has 0 aliphatic carbocycles. The van der Waals surface area contributed by atoms with Crippen LogP contribution >= 0.6 is 0 Å². The third-order valence-electron chi connectivity index (χ3n) is 5.18. The van der Waals surface area contributed by atoms with E-state index < -0.39 is 0 Å². The van der Waals surface area contributed by atoms with Crippen molar-refractivity contribution in [3.05, 3.63) is 40.6 Å². The van der Waals surface area contributed by atoms with Crippen LogP contribution in [-0.2, 0) is 32.6 Å². The Bertz CT molecular complexity index is 749. The van der Waals surface area contributed by atoms with Gasteiger partial charge in [0.2, 0.25) is 0 Å². The fraction of sp³-hybridized carbons (Fsp3) is 0.579. The molecule has 0 atom stereocenters. The van der Waals surface area contributed by atoms with E-state index in [1.54, 1.807) is 0 Å². The van der Waals surface area contributed by atoms with Crippen molar-refractivity contribution < 1.29 is 9.21 Å². The molecule has 2 aliphatic heterocycles. The highest BCUT2D eigenvalue weighted by molar-refractivity contribution is 5.91. The molecule has 0 saturated carbocycles. The van der Waals surface area contributed by atoms with Crippen molar-refractivity contribution in [2.75, 3.05) is 19.6 Å². The SMILES string of the molecule is CCc1oc(C(=O)NCc2cc3n(n2)CCNC3)cc1CN1CCCC1. The Morgan fingerprint density at radius 3 is 2.92 bits per heavy atom. The molecule has 1 fully saturated rings. The van der Waals surface area contributed by atoms with Crippen molar-refractivity contribution in [3.63, 3.8) is 0 Å². The molecule has 0 unspecified atom stereocenters. The first-order valence-electron chi connectivity index (χ1n) is 9.61. The lowest BCUT2D eigenvalue weighted by Crippen LogP contribution is -2.28. The predicted molar refractivity (Wildman–Crippen MR) is 97.7 cm³/mol. The normalized spacial score (nSPS) is 17.4. The molecule has 7 nitrogen and oxygen atoms in total. The average Bonchev–Trinajstić information content (AvgIpc) is 3.39. The summed E-state index contributed by atoms with van der Waals surface area (Å²) in [6.07, 6.45) is 3.32. The van der Waals surface area contributed by atoms with Gasteiger partial charge in [-0.1, -0.05) is 6.92 Å². The Labute approximate surface area is 153 Å². The van der Waals surface area contributed by atoms with Gasteiger partial charge in [-0.3, -0.25) is 14.4 Å². The highest BCUT2D eigenvalue weighted by Crippen LogP contribution is 2.21. The summed E-state index contributed by atoms with van der Waals surface area (Å²) in [5, 5.41) is 10.8. The number of aromatic nitrogens is 2. The first-order valence-corrected chi connectivity index (χ1v) is 9.61. The Balaban J connectivity index is 1.39. The monoisotopic (exact) mass is 357 g/mol. The Morgan fingerprint density at radius 1 is 1.31 bits per heavy atom. The minimum atomic E-state index is -0.170. The lowest BCUT2D eigenvalue weighted by atomic mass is 10.2. The Kier molecular flexibility index (Phi) is 5.08. The summed E-state index contributed by atoms with van der Waals surface area (Å²) in [4.78, 5) is 14.9. The maximum atomic E-state index is 12.5. The maximum absolute atomic E-state index is 12.5. The van der Waals surface area contributed by atoms with Crippen LogP contribution in [0.25, 0.3) is 0 Å². The zero-order valence-electron chi connectivity index (χ0n) is 15.4. The van der Waals surface area contributed by atoms with Crippen LogP contribution in [0.4, 0.5) is 0 Å². The van der Waals surface area contributed by atoms with Gasteiger partial charge in [0.15, 0.2) is 5.76 Å². The second kappa shape index (κ2) is 7.63. The third-order valence-corrected chi connectivity index (χ3v) is 5.18. The molecular weight excluding hydrogens is 330 g/mol.